The van der Waals surface area contributed by atoms with Crippen molar-refractivity contribution in [3.63, 3.8) is 0 Å². The van der Waals surface area contributed by atoms with Crippen LogP contribution >= 0.6 is 11.6 Å². The third-order valence-corrected chi connectivity index (χ3v) is 5.85. The first-order chi connectivity index (χ1) is 15.2. The summed E-state index contributed by atoms with van der Waals surface area (Å²) < 4.78 is 7.51. The molecule has 0 aliphatic carbocycles. The Morgan fingerprint density at radius 3 is 2.71 bits per heavy atom. The van der Waals surface area contributed by atoms with Crippen LogP contribution in [0.15, 0.2) is 54.9 Å². The van der Waals surface area contributed by atoms with Gasteiger partial charge in [0.25, 0.3) is 0 Å². The zero-order valence-corrected chi connectivity index (χ0v) is 18.1. The molecule has 0 unspecified atom stereocenters. The first kappa shape index (κ1) is 21.3. The van der Waals surface area contributed by atoms with Gasteiger partial charge in [-0.2, -0.15) is 0 Å². The maximum Gasteiger partial charge on any atom is 0.237 e. The van der Waals surface area contributed by atoms with Crippen LogP contribution in [0.25, 0.3) is 0 Å². The van der Waals surface area contributed by atoms with Gasteiger partial charge in [-0.25, -0.2) is 4.68 Å². The fourth-order valence-electron chi connectivity index (χ4n) is 3.95. The van der Waals surface area contributed by atoms with Crippen LogP contribution < -0.4 is 10.1 Å². The van der Waals surface area contributed by atoms with Crippen molar-refractivity contribution in [3.05, 3.63) is 71.0 Å². The van der Waals surface area contributed by atoms with Gasteiger partial charge in [0.2, 0.25) is 5.91 Å². The fraction of sp³-hybridized carbons (Fsp3) is 0.364. The van der Waals surface area contributed by atoms with Crippen molar-refractivity contribution >= 4 is 17.5 Å². The maximum absolute atomic E-state index is 13.2. The molecule has 2 atom stereocenters. The Balaban J connectivity index is 1.51. The van der Waals surface area contributed by atoms with Gasteiger partial charge in [-0.05, 0) is 41.5 Å². The molecule has 0 bridgehead atoms. The molecule has 2 heterocycles. The van der Waals surface area contributed by atoms with Gasteiger partial charge in [-0.1, -0.05) is 48.0 Å². The molecule has 1 fully saturated rings. The predicted octanol–water partition coefficient (Wildman–Crippen LogP) is 2.86. The van der Waals surface area contributed by atoms with Crippen molar-refractivity contribution < 1.29 is 9.53 Å². The number of halogens is 1. The van der Waals surface area contributed by atoms with E-state index in [1.807, 2.05) is 55.5 Å². The van der Waals surface area contributed by atoms with E-state index in [4.69, 9.17) is 16.3 Å². The zero-order valence-electron chi connectivity index (χ0n) is 17.3. The second kappa shape index (κ2) is 9.89. The number of hydrogen-bond donors (Lipinski definition) is 1. The Labute approximate surface area is 186 Å². The zero-order chi connectivity index (χ0) is 21.6. The summed E-state index contributed by atoms with van der Waals surface area (Å²) in [5.74, 6) is 0.801. The molecule has 8 nitrogen and oxygen atoms in total. The van der Waals surface area contributed by atoms with Gasteiger partial charge in [-0.3, -0.25) is 9.69 Å². The van der Waals surface area contributed by atoms with Gasteiger partial charge in [-0.15, -0.1) is 5.10 Å². The maximum atomic E-state index is 13.2. The summed E-state index contributed by atoms with van der Waals surface area (Å²) in [6.07, 6.45) is 2.22. The molecule has 0 spiro atoms. The molecule has 3 aromatic rings. The lowest BCUT2D eigenvalue weighted by Crippen LogP contribution is -2.42. The summed E-state index contributed by atoms with van der Waals surface area (Å²) in [5.41, 5.74) is 1.94. The highest BCUT2D eigenvalue weighted by Crippen LogP contribution is 2.30. The van der Waals surface area contributed by atoms with Crippen molar-refractivity contribution in [2.24, 2.45) is 0 Å². The molecule has 1 saturated heterocycles. The summed E-state index contributed by atoms with van der Waals surface area (Å²) in [5, 5.41) is 15.2. The van der Waals surface area contributed by atoms with Crippen molar-refractivity contribution in [1.29, 1.82) is 0 Å². The number of carbonyl (C=O) groups excluding carboxylic acids is 1. The highest BCUT2D eigenvalue weighted by atomic mass is 35.5. The van der Waals surface area contributed by atoms with Crippen molar-refractivity contribution in [3.8, 4) is 5.75 Å². The predicted molar refractivity (Wildman–Crippen MR) is 117 cm³/mol. The van der Waals surface area contributed by atoms with Gasteiger partial charge < -0.3 is 10.1 Å². The van der Waals surface area contributed by atoms with E-state index in [-0.39, 0.29) is 18.0 Å². The van der Waals surface area contributed by atoms with Gasteiger partial charge in [0.05, 0.1) is 18.7 Å². The first-order valence-corrected chi connectivity index (χ1v) is 10.7. The molecular formula is C22H25ClN6O2. The number of ether oxygens (including phenoxy) is 1. The molecule has 0 radical (unpaired) electrons. The summed E-state index contributed by atoms with van der Waals surface area (Å²) >= 11 is 6.24. The Bertz CT molecular complexity index is 1010. The second-order valence-electron chi connectivity index (χ2n) is 7.47. The van der Waals surface area contributed by atoms with Crippen LogP contribution in [0.5, 0.6) is 5.75 Å². The van der Waals surface area contributed by atoms with Crippen molar-refractivity contribution in [2.75, 3.05) is 13.2 Å². The van der Waals surface area contributed by atoms with Crippen LogP contribution in [-0.2, 0) is 17.9 Å². The number of tetrazole rings is 1. The van der Waals surface area contributed by atoms with E-state index >= 15 is 0 Å². The number of amides is 1. The number of nitrogens with one attached hydrogen (secondary N) is 1. The topological polar surface area (TPSA) is 85.2 Å². The molecule has 0 saturated carbocycles. The smallest absolute Gasteiger partial charge is 0.237 e. The third kappa shape index (κ3) is 5.03. The highest BCUT2D eigenvalue weighted by Gasteiger charge is 2.38. The van der Waals surface area contributed by atoms with Crippen LogP contribution in [0.3, 0.4) is 0 Å². The van der Waals surface area contributed by atoms with E-state index in [0.29, 0.717) is 37.7 Å². The van der Waals surface area contributed by atoms with Gasteiger partial charge >= 0.3 is 0 Å². The first-order valence-electron chi connectivity index (χ1n) is 10.3. The minimum Gasteiger partial charge on any atom is -0.494 e. The summed E-state index contributed by atoms with van der Waals surface area (Å²) in [4.78, 5) is 15.3. The molecule has 4 rings (SSSR count). The molecule has 1 amide bonds. The van der Waals surface area contributed by atoms with Crippen LogP contribution in [0, 0.1) is 0 Å². The van der Waals surface area contributed by atoms with Crippen LogP contribution in [0.2, 0.25) is 5.02 Å². The molecule has 1 aliphatic rings. The summed E-state index contributed by atoms with van der Waals surface area (Å²) in [6.45, 7) is 4.19. The minimum atomic E-state index is -0.314. The van der Waals surface area contributed by atoms with Crippen molar-refractivity contribution in [2.45, 2.75) is 38.5 Å². The summed E-state index contributed by atoms with van der Waals surface area (Å²) in [7, 11) is 0. The van der Waals surface area contributed by atoms with E-state index in [1.54, 1.807) is 11.0 Å². The number of hydrogen-bond acceptors (Lipinski definition) is 6. The lowest BCUT2D eigenvalue weighted by atomic mass is 10.1. The third-order valence-electron chi connectivity index (χ3n) is 5.48. The lowest BCUT2D eigenvalue weighted by molar-refractivity contribution is -0.125. The Morgan fingerprint density at radius 2 is 1.97 bits per heavy atom. The Morgan fingerprint density at radius 1 is 1.19 bits per heavy atom. The normalized spacial score (nSPS) is 18.8. The number of aromatic nitrogens is 4. The average Bonchev–Trinajstić information content (AvgIpc) is 3.45. The number of rotatable bonds is 8. The van der Waals surface area contributed by atoms with Crippen LogP contribution in [0.4, 0.5) is 0 Å². The largest absolute Gasteiger partial charge is 0.494 e. The van der Waals surface area contributed by atoms with Gasteiger partial charge in [0, 0.05) is 30.2 Å². The van der Waals surface area contributed by atoms with Gasteiger partial charge in [0.1, 0.15) is 12.1 Å². The second-order valence-corrected chi connectivity index (χ2v) is 7.88. The molecular weight excluding hydrogens is 416 g/mol. The SMILES string of the molecule is CCOc1ccccc1CN1C[C@@H](n2cnnn2)C[C@H]1C(=O)NCc1ccccc1Cl. The van der Waals surface area contributed by atoms with E-state index in [2.05, 4.69) is 25.7 Å². The monoisotopic (exact) mass is 440 g/mol. The van der Waals surface area contributed by atoms with E-state index in [1.165, 1.54) is 0 Å². The molecule has 162 valence electrons. The molecule has 9 heteroatoms. The number of carbonyl (C=O) groups is 1. The van der Waals surface area contributed by atoms with E-state index in [0.717, 1.165) is 16.9 Å². The number of benzene rings is 2. The van der Waals surface area contributed by atoms with Crippen LogP contribution in [0.1, 0.15) is 30.5 Å². The fourth-order valence-corrected chi connectivity index (χ4v) is 4.15. The van der Waals surface area contributed by atoms with E-state index in [9.17, 15) is 4.79 Å². The average molecular weight is 441 g/mol. The van der Waals surface area contributed by atoms with Crippen molar-refractivity contribution in [1.82, 2.24) is 30.4 Å². The summed E-state index contributed by atoms with van der Waals surface area (Å²) in [6, 6.07) is 15.2. The number of para-hydroxylation sites is 1. The number of nitrogens with zero attached hydrogens (tertiary/aromatic N) is 5. The molecule has 1 aliphatic heterocycles. The van der Waals surface area contributed by atoms with Crippen LogP contribution in [-0.4, -0.2) is 50.2 Å². The molecule has 31 heavy (non-hydrogen) atoms. The molecule has 1 N–H and O–H groups in total. The lowest BCUT2D eigenvalue weighted by Gasteiger charge is -2.24. The standard InChI is InChI=1S/C22H25ClN6O2/c1-2-31-21-10-6-4-8-17(21)13-28-14-18(29-15-25-26-27-29)11-20(28)22(30)24-12-16-7-3-5-9-19(16)23/h3-10,15,18,20H,2,11-14H2,1H3,(H,24,30)/t18-,20-/m0/s1. The van der Waals surface area contributed by atoms with Gasteiger partial charge in [0.15, 0.2) is 0 Å². The molecule has 1 aromatic heterocycles. The Hall–Kier alpha value is -2.97. The highest BCUT2D eigenvalue weighted by molar-refractivity contribution is 6.31. The minimum absolute atomic E-state index is 0.0188. The van der Waals surface area contributed by atoms with E-state index < -0.39 is 0 Å². The number of likely N-dealkylation sites (tertiary alicyclic amines) is 1. The molecule has 2 aromatic carbocycles. The Kier molecular flexibility index (Phi) is 6.79. The quantitative estimate of drug-likeness (QED) is 0.579.